The first-order valence-electron chi connectivity index (χ1n) is 10.2. The first-order valence-corrected chi connectivity index (χ1v) is 10.2. The third kappa shape index (κ3) is 3.40. The normalized spacial score (nSPS) is 20.9. The molecule has 0 aromatic heterocycles. The van der Waals surface area contributed by atoms with Crippen LogP contribution < -0.4 is 10.6 Å². The highest BCUT2D eigenvalue weighted by Crippen LogP contribution is 2.47. The van der Waals surface area contributed by atoms with E-state index in [2.05, 4.69) is 4.99 Å². The molecule has 2 amide bonds. The van der Waals surface area contributed by atoms with Crippen molar-refractivity contribution in [1.29, 1.82) is 0 Å². The molecule has 0 bridgehead atoms. The van der Waals surface area contributed by atoms with E-state index in [-0.39, 0.29) is 18.4 Å². The smallest absolute Gasteiger partial charge is 0.239 e. The fourth-order valence-electron chi connectivity index (χ4n) is 4.60. The summed E-state index contributed by atoms with van der Waals surface area (Å²) in [6.07, 6.45) is 3.52. The van der Waals surface area contributed by atoms with E-state index in [4.69, 9.17) is 5.73 Å². The van der Waals surface area contributed by atoms with Crippen molar-refractivity contribution in [3.05, 3.63) is 71.2 Å². The number of rotatable bonds is 4. The Hall–Kier alpha value is -3.48. The van der Waals surface area contributed by atoms with E-state index in [1.165, 1.54) is 19.2 Å². The minimum Gasteiger partial charge on any atom is -0.404 e. The van der Waals surface area contributed by atoms with Crippen LogP contribution in [0.4, 0.5) is 10.1 Å². The summed E-state index contributed by atoms with van der Waals surface area (Å²) in [5.41, 5.74) is 8.20. The summed E-state index contributed by atoms with van der Waals surface area (Å²) >= 11 is 0. The zero-order valence-corrected chi connectivity index (χ0v) is 17.6. The third-order valence-corrected chi connectivity index (χ3v) is 6.24. The van der Waals surface area contributed by atoms with Crippen molar-refractivity contribution in [2.45, 2.75) is 25.3 Å². The number of allylic oxidation sites excluding steroid dienone is 1. The number of nitrogens with two attached hydrogens (primary N) is 1. The molecule has 1 atom stereocenters. The zero-order valence-electron chi connectivity index (χ0n) is 17.6. The van der Waals surface area contributed by atoms with Gasteiger partial charge >= 0.3 is 0 Å². The van der Waals surface area contributed by atoms with E-state index >= 15 is 0 Å². The molecule has 2 aromatic rings. The second-order valence-electron chi connectivity index (χ2n) is 8.00. The summed E-state index contributed by atoms with van der Waals surface area (Å²) in [7, 11) is 1.62. The van der Waals surface area contributed by atoms with Gasteiger partial charge in [0.15, 0.2) is 0 Å². The van der Waals surface area contributed by atoms with Crippen LogP contribution in [0.2, 0.25) is 0 Å². The number of para-hydroxylation sites is 1. The summed E-state index contributed by atoms with van der Waals surface area (Å²) in [5, 5.41) is 0. The molecule has 1 unspecified atom stereocenters. The molecular weight excluding hydrogens is 395 g/mol. The van der Waals surface area contributed by atoms with Crippen LogP contribution in [0.5, 0.6) is 0 Å². The molecule has 1 saturated heterocycles. The van der Waals surface area contributed by atoms with E-state index in [1.807, 2.05) is 24.3 Å². The Morgan fingerprint density at radius 1 is 1.29 bits per heavy atom. The van der Waals surface area contributed by atoms with Crippen LogP contribution in [-0.2, 0) is 21.5 Å². The Morgan fingerprint density at radius 2 is 2.06 bits per heavy atom. The van der Waals surface area contributed by atoms with Gasteiger partial charge in [0.05, 0.1) is 12.0 Å². The number of hydrogen-bond acceptors (Lipinski definition) is 4. The number of nitrogens with zero attached hydrogens (tertiary/aromatic N) is 3. The van der Waals surface area contributed by atoms with Crippen molar-refractivity contribution in [2.24, 2.45) is 10.7 Å². The number of fused-ring (bicyclic) bond motifs is 2. The maximum Gasteiger partial charge on any atom is 0.239 e. The standard InChI is InChI=1S/C24H25FN4O2/c1-16(30)28-10-9-24(15-28)20-5-3-4-6-22(20)29(23(24)31)14-18-8-7-17(11-21(18)25)19(12-26)13-27-2/h3-8,11-13H,9-10,14-15,26H2,1-2H3/b19-12+,27-13?. The Labute approximate surface area is 180 Å². The van der Waals surface area contributed by atoms with Crippen molar-refractivity contribution >= 4 is 29.3 Å². The molecule has 4 rings (SSSR count). The van der Waals surface area contributed by atoms with E-state index in [9.17, 15) is 14.0 Å². The molecular formula is C24H25FN4O2. The van der Waals surface area contributed by atoms with Gasteiger partial charge in [-0.2, -0.15) is 0 Å². The van der Waals surface area contributed by atoms with E-state index in [0.29, 0.717) is 36.2 Å². The molecule has 2 aliphatic heterocycles. The minimum absolute atomic E-state index is 0.0402. The lowest BCUT2D eigenvalue weighted by molar-refractivity contribution is -0.128. The van der Waals surface area contributed by atoms with Gasteiger partial charge in [-0.3, -0.25) is 14.6 Å². The molecule has 2 aromatic carbocycles. The molecule has 160 valence electrons. The molecule has 0 aliphatic carbocycles. The predicted octanol–water partition coefficient (Wildman–Crippen LogP) is 2.86. The molecule has 2 aliphatic rings. The molecule has 1 fully saturated rings. The largest absolute Gasteiger partial charge is 0.404 e. The molecule has 2 N–H and O–H groups in total. The Bertz CT molecular complexity index is 1110. The lowest BCUT2D eigenvalue weighted by Crippen LogP contribution is -2.42. The summed E-state index contributed by atoms with van der Waals surface area (Å²) in [5.74, 6) is -0.535. The number of carbonyl (C=O) groups is 2. The van der Waals surface area contributed by atoms with Crippen LogP contribution in [0.1, 0.15) is 30.0 Å². The first-order chi connectivity index (χ1) is 14.9. The Balaban J connectivity index is 1.67. The molecule has 31 heavy (non-hydrogen) atoms. The summed E-state index contributed by atoms with van der Waals surface area (Å²) < 4.78 is 15.0. The lowest BCUT2D eigenvalue weighted by Gasteiger charge is -2.24. The van der Waals surface area contributed by atoms with Gasteiger partial charge in [0, 0.05) is 56.3 Å². The van der Waals surface area contributed by atoms with Gasteiger partial charge in [0.1, 0.15) is 5.82 Å². The number of anilines is 1. The van der Waals surface area contributed by atoms with Gasteiger partial charge in [-0.05, 0) is 29.7 Å². The average Bonchev–Trinajstić information content (AvgIpc) is 3.31. The third-order valence-electron chi connectivity index (χ3n) is 6.24. The number of hydrogen-bond donors (Lipinski definition) is 1. The predicted molar refractivity (Wildman–Crippen MR) is 119 cm³/mol. The Kier molecular flexibility index (Phi) is 5.35. The summed E-state index contributed by atoms with van der Waals surface area (Å²) in [4.78, 5) is 32.8. The van der Waals surface area contributed by atoms with Crippen LogP contribution >= 0.6 is 0 Å². The molecule has 0 radical (unpaired) electrons. The van der Waals surface area contributed by atoms with E-state index in [1.54, 1.807) is 35.2 Å². The monoisotopic (exact) mass is 420 g/mol. The molecule has 0 saturated carbocycles. The summed E-state index contributed by atoms with van der Waals surface area (Å²) in [6.45, 7) is 2.54. The molecule has 2 heterocycles. The van der Waals surface area contributed by atoms with Gasteiger partial charge in [-0.1, -0.05) is 30.3 Å². The van der Waals surface area contributed by atoms with Crippen molar-refractivity contribution in [3.63, 3.8) is 0 Å². The highest BCUT2D eigenvalue weighted by molar-refractivity contribution is 6.10. The van der Waals surface area contributed by atoms with E-state index < -0.39 is 11.2 Å². The number of likely N-dealkylation sites (tertiary alicyclic amines) is 1. The van der Waals surface area contributed by atoms with Gasteiger partial charge in [0.25, 0.3) is 0 Å². The van der Waals surface area contributed by atoms with Crippen LogP contribution in [-0.4, -0.2) is 43.1 Å². The van der Waals surface area contributed by atoms with Crippen molar-refractivity contribution in [1.82, 2.24) is 4.90 Å². The van der Waals surface area contributed by atoms with Gasteiger partial charge in [-0.15, -0.1) is 0 Å². The molecule has 7 heteroatoms. The van der Waals surface area contributed by atoms with Crippen LogP contribution in [0.15, 0.2) is 53.7 Å². The average molecular weight is 420 g/mol. The number of carbonyl (C=O) groups excluding carboxylic acids is 2. The number of aliphatic imine (C=N–C) groups is 1. The van der Waals surface area contributed by atoms with Crippen molar-refractivity contribution < 1.29 is 14.0 Å². The SMILES string of the molecule is CN=C/C(=C\N)c1ccc(CN2C(=O)C3(CCN(C(C)=O)C3)c3ccccc32)c(F)c1. The maximum absolute atomic E-state index is 15.0. The highest BCUT2D eigenvalue weighted by Gasteiger charge is 2.54. The second kappa shape index (κ2) is 7.98. The van der Waals surface area contributed by atoms with Crippen molar-refractivity contribution in [3.8, 4) is 0 Å². The quantitative estimate of drug-likeness (QED) is 0.773. The van der Waals surface area contributed by atoms with Crippen LogP contribution in [0.25, 0.3) is 5.57 Å². The van der Waals surface area contributed by atoms with Crippen LogP contribution in [0.3, 0.4) is 0 Å². The van der Waals surface area contributed by atoms with Crippen LogP contribution in [0, 0.1) is 5.82 Å². The van der Waals surface area contributed by atoms with Gasteiger partial charge < -0.3 is 15.5 Å². The number of halogens is 1. The van der Waals surface area contributed by atoms with Gasteiger partial charge in [-0.25, -0.2) is 4.39 Å². The maximum atomic E-state index is 15.0. The highest BCUT2D eigenvalue weighted by atomic mass is 19.1. The number of amides is 2. The molecule has 6 nitrogen and oxygen atoms in total. The second-order valence-corrected chi connectivity index (χ2v) is 8.00. The lowest BCUT2D eigenvalue weighted by atomic mass is 9.81. The molecule has 1 spiro atoms. The first kappa shape index (κ1) is 20.8. The number of benzene rings is 2. The zero-order chi connectivity index (χ0) is 22.2. The fraction of sp³-hybridized carbons (Fsp3) is 0.292. The summed E-state index contributed by atoms with van der Waals surface area (Å²) in [6, 6.07) is 12.5. The van der Waals surface area contributed by atoms with Crippen molar-refractivity contribution in [2.75, 3.05) is 25.0 Å². The Morgan fingerprint density at radius 3 is 2.71 bits per heavy atom. The van der Waals surface area contributed by atoms with Gasteiger partial charge in [0.2, 0.25) is 11.8 Å². The minimum atomic E-state index is -0.758. The van der Waals surface area contributed by atoms with E-state index in [0.717, 1.165) is 11.3 Å². The topological polar surface area (TPSA) is 79.0 Å². The fourth-order valence-corrected chi connectivity index (χ4v) is 4.60.